The molecule has 0 aromatic heterocycles. The molecule has 0 radical (unpaired) electrons. The van der Waals surface area contributed by atoms with Crippen LogP contribution in [0.4, 0.5) is 20.1 Å². The van der Waals surface area contributed by atoms with Gasteiger partial charge in [0.25, 0.3) is 5.69 Å². The van der Waals surface area contributed by atoms with Gasteiger partial charge in [-0.1, -0.05) is 56.7 Å². The van der Waals surface area contributed by atoms with Crippen LogP contribution in [0, 0.1) is 10.1 Å². The topological polar surface area (TPSA) is 226 Å². The molecule has 1 aliphatic rings. The number of carbonyl (C=O) groups excluding carboxylic acids is 4. The summed E-state index contributed by atoms with van der Waals surface area (Å²) in [6.07, 6.45) is -8.94. The first-order chi connectivity index (χ1) is 21.5. The lowest BCUT2D eigenvalue weighted by molar-refractivity contribution is -0.395. The van der Waals surface area contributed by atoms with Crippen molar-refractivity contribution in [1.29, 1.82) is 0 Å². The first-order valence-corrected chi connectivity index (χ1v) is 12.9. The minimum Gasteiger partial charge on any atom is -0.459 e. The standard InChI is InChI=1S/C28H31NO16/c1-5-11-38-24(31)22-20(42-25(32)39-12-6-2)21(43-26(33)40-13-7-3)23(44-27(34)41-14-8-4)28(35,45-22)18-10-9-17(16-30)15-19(18)29(36)37/h5-10,15,20-23,30,35H,1-4,11-14,16H2/t20-,21-,22-,23+,28+/m0/s1. The molecule has 17 heteroatoms. The highest BCUT2D eigenvalue weighted by Gasteiger charge is 2.64. The van der Waals surface area contributed by atoms with Crippen molar-refractivity contribution in [2.24, 2.45) is 0 Å². The van der Waals surface area contributed by atoms with Crippen molar-refractivity contribution in [2.75, 3.05) is 26.4 Å². The third-order valence-corrected chi connectivity index (χ3v) is 5.66. The molecule has 0 unspecified atom stereocenters. The Kier molecular flexibility index (Phi) is 13.7. The van der Waals surface area contributed by atoms with Gasteiger partial charge in [-0.25, -0.2) is 19.2 Å². The monoisotopic (exact) mass is 637 g/mol. The number of benzene rings is 1. The van der Waals surface area contributed by atoms with Crippen molar-refractivity contribution in [3.63, 3.8) is 0 Å². The molecule has 0 saturated carbocycles. The second-order valence-electron chi connectivity index (χ2n) is 8.67. The Bertz CT molecular complexity index is 1300. The van der Waals surface area contributed by atoms with E-state index >= 15 is 0 Å². The van der Waals surface area contributed by atoms with Gasteiger partial charge in [0, 0.05) is 6.07 Å². The van der Waals surface area contributed by atoms with E-state index in [1.54, 1.807) is 0 Å². The Balaban J connectivity index is 2.88. The first-order valence-electron chi connectivity index (χ1n) is 12.9. The Morgan fingerprint density at radius 2 is 1.33 bits per heavy atom. The predicted molar refractivity (Wildman–Crippen MR) is 148 cm³/mol. The fourth-order valence-corrected chi connectivity index (χ4v) is 3.86. The third-order valence-electron chi connectivity index (χ3n) is 5.66. The van der Waals surface area contributed by atoms with E-state index < -0.39 is 97.2 Å². The highest BCUT2D eigenvalue weighted by Crippen LogP contribution is 2.44. The van der Waals surface area contributed by atoms with Gasteiger partial charge >= 0.3 is 24.4 Å². The zero-order valence-corrected chi connectivity index (χ0v) is 23.8. The van der Waals surface area contributed by atoms with Gasteiger partial charge in [-0.05, 0) is 11.6 Å². The van der Waals surface area contributed by atoms with Crippen LogP contribution in [0.2, 0.25) is 0 Å². The molecular weight excluding hydrogens is 606 g/mol. The second-order valence-corrected chi connectivity index (χ2v) is 8.67. The smallest absolute Gasteiger partial charge is 0.459 e. The minimum atomic E-state index is -3.25. The van der Waals surface area contributed by atoms with Crippen LogP contribution in [-0.2, 0) is 55.1 Å². The van der Waals surface area contributed by atoms with Crippen LogP contribution in [0.5, 0.6) is 0 Å². The molecule has 1 saturated heterocycles. The van der Waals surface area contributed by atoms with Crippen molar-refractivity contribution >= 4 is 30.1 Å². The van der Waals surface area contributed by atoms with Crippen LogP contribution in [0.15, 0.2) is 68.8 Å². The van der Waals surface area contributed by atoms with Gasteiger partial charge in [0.15, 0.2) is 18.3 Å². The van der Waals surface area contributed by atoms with Crippen molar-refractivity contribution in [2.45, 2.75) is 36.8 Å². The molecule has 5 atom stereocenters. The number of aliphatic hydroxyl groups is 2. The van der Waals surface area contributed by atoms with E-state index in [2.05, 4.69) is 26.3 Å². The summed E-state index contributed by atoms with van der Waals surface area (Å²) in [7, 11) is 0. The lowest BCUT2D eigenvalue weighted by atomic mass is 9.86. The fraction of sp³-hybridized carbons (Fsp3) is 0.357. The highest BCUT2D eigenvalue weighted by atomic mass is 16.8. The lowest BCUT2D eigenvalue weighted by Gasteiger charge is -2.47. The molecule has 45 heavy (non-hydrogen) atoms. The van der Waals surface area contributed by atoms with Crippen LogP contribution in [0.25, 0.3) is 0 Å². The summed E-state index contributed by atoms with van der Waals surface area (Å²) in [6.45, 7) is 11.2. The van der Waals surface area contributed by atoms with Crippen molar-refractivity contribution in [3.8, 4) is 0 Å². The Morgan fingerprint density at radius 1 is 0.844 bits per heavy atom. The number of hydrogen-bond donors (Lipinski definition) is 2. The molecule has 2 rings (SSSR count). The number of esters is 1. The minimum absolute atomic E-state index is 0.0154. The number of nitro benzene ring substituents is 1. The summed E-state index contributed by atoms with van der Waals surface area (Å²) in [6, 6.07) is 2.93. The van der Waals surface area contributed by atoms with Gasteiger partial charge in [0.2, 0.25) is 11.9 Å². The van der Waals surface area contributed by atoms with E-state index in [1.807, 2.05) is 0 Å². The summed E-state index contributed by atoms with van der Waals surface area (Å²) in [5.41, 5.74) is -1.64. The van der Waals surface area contributed by atoms with E-state index in [0.29, 0.717) is 0 Å². The fourth-order valence-electron chi connectivity index (χ4n) is 3.86. The molecule has 0 spiro atoms. The average molecular weight is 638 g/mol. The summed E-state index contributed by atoms with van der Waals surface area (Å²) < 4.78 is 40.8. The van der Waals surface area contributed by atoms with Gasteiger partial charge in [-0.2, -0.15) is 0 Å². The molecule has 1 fully saturated rings. The number of carbonyl (C=O) groups is 4. The number of hydrogen-bond acceptors (Lipinski definition) is 16. The number of ether oxygens (including phenoxy) is 8. The number of nitrogens with zero attached hydrogens (tertiary/aromatic N) is 1. The Morgan fingerprint density at radius 3 is 1.82 bits per heavy atom. The summed E-state index contributed by atoms with van der Waals surface area (Å²) in [4.78, 5) is 62.3. The molecule has 17 nitrogen and oxygen atoms in total. The van der Waals surface area contributed by atoms with Crippen molar-refractivity contribution < 1.29 is 72.2 Å². The van der Waals surface area contributed by atoms with Gasteiger partial charge in [-0.3, -0.25) is 10.1 Å². The van der Waals surface area contributed by atoms with Crippen LogP contribution >= 0.6 is 0 Å². The Hall–Kier alpha value is -5.26. The normalized spacial score (nSPS) is 22.0. The maximum Gasteiger partial charge on any atom is 0.509 e. The van der Waals surface area contributed by atoms with Crippen molar-refractivity contribution in [3.05, 3.63) is 90.1 Å². The van der Waals surface area contributed by atoms with Gasteiger partial charge in [0.05, 0.1) is 17.1 Å². The molecule has 1 aromatic rings. The summed E-state index contributed by atoms with van der Waals surface area (Å²) in [5, 5.41) is 33.7. The molecule has 0 bridgehead atoms. The van der Waals surface area contributed by atoms with E-state index in [1.165, 1.54) is 6.08 Å². The highest BCUT2D eigenvalue weighted by molar-refractivity contribution is 5.77. The molecule has 0 aliphatic carbocycles. The summed E-state index contributed by atoms with van der Waals surface area (Å²) in [5.74, 6) is -4.61. The van der Waals surface area contributed by atoms with E-state index in [0.717, 1.165) is 36.4 Å². The molecule has 2 N–H and O–H groups in total. The molecular formula is C28H31NO16. The molecule has 244 valence electrons. The number of rotatable bonds is 15. The molecule has 1 aliphatic heterocycles. The summed E-state index contributed by atoms with van der Waals surface area (Å²) >= 11 is 0. The molecule has 0 amide bonds. The van der Waals surface area contributed by atoms with E-state index in [9.17, 15) is 39.5 Å². The SMILES string of the molecule is C=CCOC(=O)O[C@H]1[C@H](OC(=O)OCC=C)[C@@H](OC(=O)OCC=C)[C@@](O)(c2ccc(CO)cc2[N+](=O)[O-])O[C@@H]1C(=O)OCC=C. The average Bonchev–Trinajstić information content (AvgIpc) is 3.02. The van der Waals surface area contributed by atoms with Gasteiger partial charge in [0.1, 0.15) is 26.4 Å². The van der Waals surface area contributed by atoms with Crippen LogP contribution < -0.4 is 0 Å². The maximum atomic E-state index is 13.2. The predicted octanol–water partition coefficient (Wildman–Crippen LogP) is 2.48. The largest absolute Gasteiger partial charge is 0.509 e. The Labute approximate surface area is 255 Å². The van der Waals surface area contributed by atoms with Crippen LogP contribution in [0.3, 0.4) is 0 Å². The van der Waals surface area contributed by atoms with E-state index in [-0.39, 0.29) is 12.2 Å². The van der Waals surface area contributed by atoms with Crippen molar-refractivity contribution in [1.82, 2.24) is 0 Å². The quantitative estimate of drug-likeness (QED) is 0.0925. The van der Waals surface area contributed by atoms with Crippen LogP contribution in [-0.4, -0.2) is 90.4 Å². The molecule has 1 aromatic carbocycles. The zero-order chi connectivity index (χ0) is 33.6. The van der Waals surface area contributed by atoms with E-state index in [4.69, 9.17) is 37.9 Å². The molecule has 1 heterocycles. The van der Waals surface area contributed by atoms with Gasteiger partial charge in [-0.15, -0.1) is 0 Å². The lowest BCUT2D eigenvalue weighted by Crippen LogP contribution is -2.67. The zero-order valence-electron chi connectivity index (χ0n) is 23.8. The first kappa shape index (κ1) is 35.9. The number of aliphatic hydroxyl groups excluding tert-OH is 1. The third kappa shape index (κ3) is 9.36. The second kappa shape index (κ2) is 17.1. The van der Waals surface area contributed by atoms with Gasteiger partial charge < -0.3 is 48.1 Å². The van der Waals surface area contributed by atoms with Crippen LogP contribution in [0.1, 0.15) is 11.1 Å². The number of nitro groups is 1. The maximum absolute atomic E-state index is 13.2.